The molecule has 5 heteroatoms. The first-order valence-corrected chi connectivity index (χ1v) is 23.6. The summed E-state index contributed by atoms with van der Waals surface area (Å²) in [5.74, 6) is 3.28. The van der Waals surface area contributed by atoms with Crippen molar-refractivity contribution < 1.29 is 9.30 Å². The quantitative estimate of drug-likeness (QED) is 0.113. The third kappa shape index (κ3) is 8.79. The number of benzene rings is 5. The maximum Gasteiger partial charge on any atom is 0.269 e. The van der Waals surface area contributed by atoms with E-state index in [4.69, 9.17) is 9.72 Å². The fraction of sp³-hybridized carbons (Fsp3) is 0.367. The second-order valence-corrected chi connectivity index (χ2v) is 22.9. The standard InChI is InChI=1S/C60H70N4O/c1-38(2)47-21-19-22-48(39(3)4)54(47)40-24-26-43(27-25-40)62-37-63(56(60(14,15)16)55(62)59(11,12)13)44-32-42(58(8,9)10)33-46(35-44)65-45-28-29-50-49-20-17-18-23-51(49)64(52(50)36-45)53-34-41(30-31-61-53)57(5,6)7/h17-36,38-39H,1-16H3. The lowest BCUT2D eigenvalue weighted by Crippen LogP contribution is -2.40. The molecule has 0 saturated carbocycles. The predicted molar refractivity (Wildman–Crippen MR) is 273 cm³/mol. The fourth-order valence-electron chi connectivity index (χ4n) is 9.44. The number of hydrogen-bond donors (Lipinski definition) is 0. The smallest absolute Gasteiger partial charge is 0.269 e. The number of aromatic nitrogens is 4. The van der Waals surface area contributed by atoms with Gasteiger partial charge < -0.3 is 4.74 Å². The van der Waals surface area contributed by atoms with Gasteiger partial charge in [-0.2, -0.15) is 0 Å². The Morgan fingerprint density at radius 3 is 1.78 bits per heavy atom. The van der Waals surface area contributed by atoms with Crippen LogP contribution in [0.25, 0.3) is 50.1 Å². The van der Waals surface area contributed by atoms with Crippen molar-refractivity contribution >= 4 is 21.8 Å². The number of rotatable bonds is 8. The van der Waals surface area contributed by atoms with Gasteiger partial charge in [0.05, 0.1) is 33.8 Å². The van der Waals surface area contributed by atoms with E-state index >= 15 is 0 Å². The van der Waals surface area contributed by atoms with Gasteiger partial charge in [0.15, 0.2) is 0 Å². The summed E-state index contributed by atoms with van der Waals surface area (Å²) in [6.07, 6.45) is 5.86. The van der Waals surface area contributed by atoms with Gasteiger partial charge in [-0.3, -0.25) is 13.7 Å². The summed E-state index contributed by atoms with van der Waals surface area (Å²) in [6, 6.07) is 42.1. The molecule has 65 heavy (non-hydrogen) atoms. The first-order chi connectivity index (χ1) is 30.4. The Morgan fingerprint density at radius 1 is 0.554 bits per heavy atom. The highest BCUT2D eigenvalue weighted by atomic mass is 16.5. The Balaban J connectivity index is 1.28. The van der Waals surface area contributed by atoms with Crippen molar-refractivity contribution in [1.82, 2.24) is 14.1 Å². The van der Waals surface area contributed by atoms with E-state index in [0.29, 0.717) is 11.8 Å². The largest absolute Gasteiger partial charge is 0.458 e. The van der Waals surface area contributed by atoms with Crippen LogP contribution >= 0.6 is 0 Å². The molecular weight excluding hydrogens is 793 g/mol. The van der Waals surface area contributed by atoms with Gasteiger partial charge in [0.1, 0.15) is 17.3 Å². The lowest BCUT2D eigenvalue weighted by molar-refractivity contribution is -0.611. The van der Waals surface area contributed by atoms with E-state index in [2.05, 4.69) is 246 Å². The molecule has 0 amide bonds. The molecule has 5 aromatic carbocycles. The van der Waals surface area contributed by atoms with Crippen LogP contribution in [0.4, 0.5) is 0 Å². The van der Waals surface area contributed by atoms with E-state index in [1.165, 1.54) is 50.2 Å². The fourth-order valence-corrected chi connectivity index (χ4v) is 9.44. The molecule has 0 spiro atoms. The number of pyridine rings is 1. The highest BCUT2D eigenvalue weighted by Gasteiger charge is 2.34. The average molecular weight is 863 g/mol. The van der Waals surface area contributed by atoms with Crippen LogP contribution in [0.2, 0.25) is 0 Å². The van der Waals surface area contributed by atoms with Crippen LogP contribution in [0.1, 0.15) is 156 Å². The van der Waals surface area contributed by atoms with Crippen LogP contribution in [-0.4, -0.2) is 14.1 Å². The third-order valence-electron chi connectivity index (χ3n) is 12.8. The summed E-state index contributed by atoms with van der Waals surface area (Å²) in [4.78, 5) is 4.92. The Labute approximate surface area is 389 Å². The molecule has 0 fully saturated rings. The van der Waals surface area contributed by atoms with E-state index in [1.807, 2.05) is 6.20 Å². The summed E-state index contributed by atoms with van der Waals surface area (Å²) < 4.78 is 13.9. The van der Waals surface area contributed by atoms with Crippen molar-refractivity contribution in [3.05, 3.63) is 161 Å². The van der Waals surface area contributed by atoms with E-state index < -0.39 is 0 Å². The second kappa shape index (κ2) is 16.5. The molecule has 8 rings (SSSR count). The molecule has 3 heterocycles. The zero-order chi connectivity index (χ0) is 47.0. The van der Waals surface area contributed by atoms with Crippen molar-refractivity contribution in [2.24, 2.45) is 0 Å². The lowest BCUT2D eigenvalue weighted by Gasteiger charge is -2.30. The summed E-state index contributed by atoms with van der Waals surface area (Å²) in [5, 5.41) is 2.35. The van der Waals surface area contributed by atoms with Gasteiger partial charge in [0.2, 0.25) is 0 Å². The number of nitrogens with zero attached hydrogens (tertiary/aromatic N) is 4. The van der Waals surface area contributed by atoms with E-state index in [1.54, 1.807) is 0 Å². The molecule has 0 unspecified atom stereocenters. The first-order valence-electron chi connectivity index (χ1n) is 23.6. The van der Waals surface area contributed by atoms with E-state index in [-0.39, 0.29) is 21.7 Å². The minimum absolute atomic E-state index is 0.0140. The van der Waals surface area contributed by atoms with Crippen LogP contribution in [0.15, 0.2) is 121 Å². The van der Waals surface area contributed by atoms with Crippen molar-refractivity contribution in [3.63, 3.8) is 0 Å². The molecular formula is C60H70N4O. The molecule has 0 aliphatic heterocycles. The molecule has 0 radical (unpaired) electrons. The van der Waals surface area contributed by atoms with Crippen LogP contribution in [0.3, 0.4) is 0 Å². The molecule has 5 nitrogen and oxygen atoms in total. The molecule has 0 N–H and O–H groups in total. The summed E-state index contributed by atoms with van der Waals surface area (Å²) in [6.45, 7) is 36.6. The minimum atomic E-state index is -0.220. The maximum absolute atomic E-state index is 7.00. The number of hydrogen-bond acceptors (Lipinski definition) is 2. The minimum Gasteiger partial charge on any atom is -0.458 e. The molecule has 0 bridgehead atoms. The molecule has 8 aromatic rings. The van der Waals surface area contributed by atoms with Crippen molar-refractivity contribution in [3.8, 4) is 39.8 Å². The summed E-state index contributed by atoms with van der Waals surface area (Å²) in [5.41, 5.74) is 14.0. The van der Waals surface area contributed by atoms with E-state index in [9.17, 15) is 0 Å². The third-order valence-corrected chi connectivity index (χ3v) is 12.8. The Morgan fingerprint density at radius 2 is 1.18 bits per heavy atom. The Kier molecular flexibility index (Phi) is 11.6. The second-order valence-electron chi connectivity index (χ2n) is 22.9. The predicted octanol–water partition coefficient (Wildman–Crippen LogP) is 15.9. The highest BCUT2D eigenvalue weighted by molar-refractivity contribution is 6.09. The Bertz CT molecular complexity index is 3010. The molecule has 0 saturated heterocycles. The van der Waals surface area contributed by atoms with Crippen molar-refractivity contribution in [2.45, 2.75) is 144 Å². The van der Waals surface area contributed by atoms with Crippen LogP contribution in [0.5, 0.6) is 11.5 Å². The monoisotopic (exact) mass is 863 g/mol. The van der Waals surface area contributed by atoms with Gasteiger partial charge in [-0.25, -0.2) is 4.98 Å². The van der Waals surface area contributed by atoms with Crippen molar-refractivity contribution in [1.29, 1.82) is 0 Å². The topological polar surface area (TPSA) is 35.9 Å². The SMILES string of the molecule is CC(C)c1cccc(C(C)C)c1-c1ccc(-[n+]2[c-]n(-c3cc(Oc4ccc5c6ccccc6n(-c6cc(C(C)(C)C)ccn6)c5c4)cc(C(C)(C)C)c3)c(C(C)(C)C)c2C(C)(C)C)cc1. The zero-order valence-corrected chi connectivity index (χ0v) is 41.9. The van der Waals surface area contributed by atoms with Gasteiger partial charge in [0, 0.05) is 23.0 Å². The molecule has 0 atom stereocenters. The van der Waals surface area contributed by atoms with Crippen molar-refractivity contribution in [2.75, 3.05) is 0 Å². The summed E-state index contributed by atoms with van der Waals surface area (Å²) >= 11 is 0. The number of fused-ring (bicyclic) bond motifs is 3. The van der Waals surface area contributed by atoms with Gasteiger partial charge in [0.25, 0.3) is 6.33 Å². The molecule has 0 aliphatic carbocycles. The number of imidazole rings is 1. The van der Waals surface area contributed by atoms with E-state index in [0.717, 1.165) is 45.1 Å². The molecule has 0 aliphatic rings. The molecule has 336 valence electrons. The summed E-state index contributed by atoms with van der Waals surface area (Å²) in [7, 11) is 0. The van der Waals surface area contributed by atoms with Crippen LogP contribution < -0.4 is 9.30 Å². The number of para-hydroxylation sites is 1. The van der Waals surface area contributed by atoms with Gasteiger partial charge in [-0.15, -0.1) is 0 Å². The van der Waals surface area contributed by atoms with Gasteiger partial charge >= 0.3 is 0 Å². The lowest BCUT2D eigenvalue weighted by atomic mass is 9.81. The average Bonchev–Trinajstić information content (AvgIpc) is 3.81. The van der Waals surface area contributed by atoms with Gasteiger partial charge in [-0.05, 0) is 128 Å². The molecule has 3 aromatic heterocycles. The maximum atomic E-state index is 7.00. The van der Waals surface area contributed by atoms with Gasteiger partial charge in [-0.1, -0.05) is 159 Å². The highest BCUT2D eigenvalue weighted by Crippen LogP contribution is 2.41. The zero-order valence-electron chi connectivity index (χ0n) is 41.9. The Hall–Kier alpha value is -5.94. The number of ether oxygens (including phenoxy) is 1. The van der Waals surface area contributed by atoms with Crippen LogP contribution in [0, 0.1) is 6.33 Å². The van der Waals surface area contributed by atoms with Crippen LogP contribution in [-0.2, 0) is 21.7 Å². The first kappa shape index (κ1) is 45.6. The normalized spacial score (nSPS) is 12.9.